The van der Waals surface area contributed by atoms with Crippen LogP contribution in [0.4, 0.5) is 5.95 Å². The van der Waals surface area contributed by atoms with E-state index in [1.807, 2.05) is 24.3 Å². The maximum absolute atomic E-state index is 12.1. The zero-order valence-corrected chi connectivity index (χ0v) is 14.3. The van der Waals surface area contributed by atoms with E-state index in [0.29, 0.717) is 40.6 Å². The summed E-state index contributed by atoms with van der Waals surface area (Å²) in [5.74, 6) is 2.07. The van der Waals surface area contributed by atoms with Crippen molar-refractivity contribution < 1.29 is 14.2 Å². The van der Waals surface area contributed by atoms with Gasteiger partial charge in [-0.15, -0.1) is 0 Å². The highest BCUT2D eigenvalue weighted by Crippen LogP contribution is 2.38. The van der Waals surface area contributed by atoms with Gasteiger partial charge >= 0.3 is 0 Å². The second-order valence-corrected chi connectivity index (χ2v) is 5.32. The minimum Gasteiger partial charge on any atom is -0.493 e. The summed E-state index contributed by atoms with van der Waals surface area (Å²) < 4.78 is 16.0. The molecule has 0 amide bonds. The Labute approximate surface area is 144 Å². The first kappa shape index (κ1) is 16.6. The summed E-state index contributed by atoms with van der Waals surface area (Å²) in [4.78, 5) is 19.3. The zero-order chi connectivity index (χ0) is 17.8. The average Bonchev–Trinajstić information content (AvgIpc) is 2.65. The molecule has 7 heteroatoms. The topological polar surface area (TPSA) is 85.5 Å². The molecular weight excluding hydrogens is 322 g/mol. The van der Waals surface area contributed by atoms with Gasteiger partial charge in [-0.1, -0.05) is 12.1 Å². The van der Waals surface area contributed by atoms with Crippen molar-refractivity contribution in [2.45, 2.75) is 6.54 Å². The van der Waals surface area contributed by atoms with Gasteiger partial charge in [-0.2, -0.15) is 0 Å². The molecule has 7 nitrogen and oxygen atoms in total. The monoisotopic (exact) mass is 341 g/mol. The fourth-order valence-electron chi connectivity index (χ4n) is 2.59. The molecule has 0 aliphatic carbocycles. The van der Waals surface area contributed by atoms with Crippen molar-refractivity contribution in [2.24, 2.45) is 0 Å². The van der Waals surface area contributed by atoms with Gasteiger partial charge in [-0.3, -0.25) is 9.78 Å². The maximum Gasteiger partial charge on any atom is 0.260 e. The molecule has 0 saturated carbocycles. The number of hydrogen-bond donors (Lipinski definition) is 2. The van der Waals surface area contributed by atoms with Crippen LogP contribution in [0.3, 0.4) is 0 Å². The maximum atomic E-state index is 12.1. The van der Waals surface area contributed by atoms with E-state index < -0.39 is 0 Å². The number of benzene rings is 2. The Morgan fingerprint density at radius 1 is 1.04 bits per heavy atom. The first-order valence-electron chi connectivity index (χ1n) is 7.68. The van der Waals surface area contributed by atoms with Crippen LogP contribution in [0.25, 0.3) is 10.9 Å². The Morgan fingerprint density at radius 2 is 1.72 bits per heavy atom. The molecule has 25 heavy (non-hydrogen) atoms. The van der Waals surface area contributed by atoms with Gasteiger partial charge in [-0.05, 0) is 29.8 Å². The molecule has 2 aromatic carbocycles. The number of para-hydroxylation sites is 1. The van der Waals surface area contributed by atoms with Crippen LogP contribution in [0, 0.1) is 0 Å². The summed E-state index contributed by atoms with van der Waals surface area (Å²) in [5.41, 5.74) is 1.35. The molecule has 1 aromatic heterocycles. The Kier molecular flexibility index (Phi) is 4.74. The summed E-state index contributed by atoms with van der Waals surface area (Å²) in [6, 6.07) is 10.9. The van der Waals surface area contributed by atoms with Gasteiger partial charge < -0.3 is 19.5 Å². The number of hydrogen-bond acceptors (Lipinski definition) is 6. The lowest BCUT2D eigenvalue weighted by Crippen LogP contribution is -2.13. The molecule has 1 heterocycles. The lowest BCUT2D eigenvalue weighted by Gasteiger charge is -2.14. The second kappa shape index (κ2) is 7.12. The predicted octanol–water partition coefficient (Wildman–Crippen LogP) is 2.56. The number of H-pyrrole nitrogens is 1. The molecular formula is C18H19N3O4. The van der Waals surface area contributed by atoms with Gasteiger partial charge in [0.25, 0.3) is 5.56 Å². The van der Waals surface area contributed by atoms with Crippen LogP contribution in [0.5, 0.6) is 17.2 Å². The Balaban J connectivity index is 1.87. The highest BCUT2D eigenvalue weighted by molar-refractivity contribution is 5.78. The van der Waals surface area contributed by atoms with Crippen LogP contribution in [-0.4, -0.2) is 31.3 Å². The number of nitrogens with zero attached hydrogens (tertiary/aromatic N) is 1. The smallest absolute Gasteiger partial charge is 0.260 e. The first-order chi connectivity index (χ1) is 12.2. The quantitative estimate of drug-likeness (QED) is 0.717. The molecule has 0 saturated heterocycles. The minimum atomic E-state index is -0.182. The number of aromatic nitrogens is 2. The summed E-state index contributed by atoms with van der Waals surface area (Å²) in [7, 11) is 4.69. The van der Waals surface area contributed by atoms with Crippen LogP contribution in [0.2, 0.25) is 0 Å². The summed E-state index contributed by atoms with van der Waals surface area (Å²) in [5, 5.41) is 3.67. The van der Waals surface area contributed by atoms with Crippen molar-refractivity contribution in [2.75, 3.05) is 26.6 Å². The Morgan fingerprint density at radius 3 is 2.36 bits per heavy atom. The number of fused-ring (bicyclic) bond motifs is 1. The van der Waals surface area contributed by atoms with Gasteiger partial charge in [0.15, 0.2) is 11.5 Å². The number of ether oxygens (including phenoxy) is 3. The van der Waals surface area contributed by atoms with Gasteiger partial charge in [-0.25, -0.2) is 4.98 Å². The Hall–Kier alpha value is -3.22. The van der Waals surface area contributed by atoms with Crippen LogP contribution in [0.15, 0.2) is 41.2 Å². The molecule has 0 bridgehead atoms. The zero-order valence-electron chi connectivity index (χ0n) is 14.3. The number of anilines is 1. The van der Waals surface area contributed by atoms with E-state index in [1.54, 1.807) is 33.5 Å². The molecule has 0 unspecified atom stereocenters. The first-order valence-corrected chi connectivity index (χ1v) is 7.68. The highest BCUT2D eigenvalue weighted by atomic mass is 16.5. The van der Waals surface area contributed by atoms with E-state index in [4.69, 9.17) is 14.2 Å². The van der Waals surface area contributed by atoms with Crippen molar-refractivity contribution in [3.05, 3.63) is 52.3 Å². The van der Waals surface area contributed by atoms with Crippen LogP contribution in [-0.2, 0) is 6.54 Å². The highest BCUT2D eigenvalue weighted by Gasteiger charge is 2.13. The number of methoxy groups -OCH3 is 3. The normalized spacial score (nSPS) is 10.5. The molecule has 0 aliphatic heterocycles. The van der Waals surface area contributed by atoms with E-state index in [2.05, 4.69) is 15.3 Å². The molecule has 3 aromatic rings. The second-order valence-electron chi connectivity index (χ2n) is 5.32. The Bertz CT molecular complexity index is 927. The predicted molar refractivity (Wildman–Crippen MR) is 95.8 cm³/mol. The van der Waals surface area contributed by atoms with E-state index in [1.165, 1.54) is 0 Å². The standard InChI is InChI=1S/C18H19N3O4/c1-23-14-8-11(9-15(24-2)16(14)25-3)10-19-18-20-13-7-5-4-6-12(13)17(22)21-18/h4-9H,10H2,1-3H3,(H2,19,20,21,22). The van der Waals surface area contributed by atoms with Crippen molar-refractivity contribution in [3.8, 4) is 17.2 Å². The van der Waals surface area contributed by atoms with E-state index in [0.717, 1.165) is 5.56 Å². The van der Waals surface area contributed by atoms with E-state index >= 15 is 0 Å². The molecule has 0 radical (unpaired) electrons. The van der Waals surface area contributed by atoms with Gasteiger partial charge in [0.1, 0.15) is 0 Å². The molecule has 2 N–H and O–H groups in total. The number of aromatic amines is 1. The average molecular weight is 341 g/mol. The fraction of sp³-hybridized carbons (Fsp3) is 0.222. The van der Waals surface area contributed by atoms with Gasteiger partial charge in [0.2, 0.25) is 11.7 Å². The lowest BCUT2D eigenvalue weighted by atomic mass is 10.2. The molecule has 3 rings (SSSR count). The van der Waals surface area contributed by atoms with Crippen molar-refractivity contribution >= 4 is 16.9 Å². The minimum absolute atomic E-state index is 0.182. The van der Waals surface area contributed by atoms with Gasteiger partial charge in [0, 0.05) is 6.54 Å². The fourth-order valence-corrected chi connectivity index (χ4v) is 2.59. The summed E-state index contributed by atoms with van der Waals surface area (Å²) >= 11 is 0. The third-order valence-electron chi connectivity index (χ3n) is 3.80. The molecule has 0 fully saturated rings. The van der Waals surface area contributed by atoms with E-state index in [9.17, 15) is 4.79 Å². The van der Waals surface area contributed by atoms with Crippen LogP contribution in [0.1, 0.15) is 5.56 Å². The van der Waals surface area contributed by atoms with Crippen molar-refractivity contribution in [1.82, 2.24) is 9.97 Å². The van der Waals surface area contributed by atoms with Gasteiger partial charge in [0.05, 0.1) is 32.2 Å². The SMILES string of the molecule is COc1cc(CNc2nc3ccccc3c(=O)[nH]2)cc(OC)c1OC. The van der Waals surface area contributed by atoms with E-state index in [-0.39, 0.29) is 5.56 Å². The summed E-state index contributed by atoms with van der Waals surface area (Å²) in [6.07, 6.45) is 0. The van der Waals surface area contributed by atoms with Crippen molar-refractivity contribution in [3.63, 3.8) is 0 Å². The molecule has 0 spiro atoms. The molecule has 130 valence electrons. The number of rotatable bonds is 6. The number of nitrogens with one attached hydrogen (secondary N) is 2. The molecule has 0 aliphatic rings. The lowest BCUT2D eigenvalue weighted by molar-refractivity contribution is 0.324. The largest absolute Gasteiger partial charge is 0.493 e. The third kappa shape index (κ3) is 3.35. The third-order valence-corrected chi connectivity index (χ3v) is 3.80. The van der Waals surface area contributed by atoms with Crippen LogP contribution >= 0.6 is 0 Å². The van der Waals surface area contributed by atoms with Crippen LogP contribution < -0.4 is 25.1 Å². The van der Waals surface area contributed by atoms with Crippen molar-refractivity contribution in [1.29, 1.82) is 0 Å². The summed E-state index contributed by atoms with van der Waals surface area (Å²) in [6.45, 7) is 0.429. The molecule has 0 atom stereocenters.